The quantitative estimate of drug-likeness (QED) is 0.686. The van der Waals surface area contributed by atoms with Crippen molar-refractivity contribution in [2.75, 3.05) is 30.4 Å². The first-order valence-corrected chi connectivity index (χ1v) is 8.45. The molecule has 0 bridgehead atoms. The molecule has 2 rings (SSSR count). The van der Waals surface area contributed by atoms with Crippen molar-refractivity contribution in [1.82, 2.24) is 5.32 Å². The molecule has 4 nitrogen and oxygen atoms in total. The Bertz CT molecular complexity index is 584. The minimum atomic E-state index is -0.105. The number of hydrogen-bond donors (Lipinski definition) is 3. The van der Waals surface area contributed by atoms with E-state index >= 15 is 0 Å². The highest BCUT2D eigenvalue weighted by Crippen LogP contribution is 2.33. The van der Waals surface area contributed by atoms with Gasteiger partial charge in [-0.15, -0.1) is 11.3 Å². The molecule has 0 saturated carbocycles. The van der Waals surface area contributed by atoms with Crippen LogP contribution in [0.4, 0.5) is 5.69 Å². The summed E-state index contributed by atoms with van der Waals surface area (Å²) in [5.41, 5.74) is 6.59. The van der Waals surface area contributed by atoms with Gasteiger partial charge in [-0.2, -0.15) is 11.8 Å². The molecule has 108 valence electrons. The summed E-state index contributed by atoms with van der Waals surface area (Å²) in [5.74, 6) is 1.65. The molecule has 0 unspecified atom stereocenters. The van der Waals surface area contributed by atoms with Crippen molar-refractivity contribution in [3.05, 3.63) is 29.1 Å². The Labute approximate surface area is 126 Å². The average molecular weight is 310 g/mol. The molecule has 0 atom stereocenters. The molecule has 4 N–H and O–H groups in total. The van der Waals surface area contributed by atoms with Crippen molar-refractivity contribution in [2.24, 2.45) is 0 Å². The molecule has 0 aliphatic heterocycles. The maximum Gasteiger partial charge on any atom is 0.263 e. The van der Waals surface area contributed by atoms with Crippen LogP contribution in [0.5, 0.6) is 0 Å². The number of carbonyl (C=O) groups is 1. The molecular formula is C14H18N2O2S2. The molecule has 6 heteroatoms. The zero-order valence-corrected chi connectivity index (χ0v) is 12.7. The second-order valence-corrected chi connectivity index (χ2v) is 6.56. The second-order valence-electron chi connectivity index (χ2n) is 4.29. The predicted octanol–water partition coefficient (Wildman–Crippen LogP) is 2.33. The maximum atomic E-state index is 12.1. The van der Waals surface area contributed by atoms with Crippen LogP contribution >= 0.6 is 23.1 Å². The molecule has 1 aromatic carbocycles. The number of anilines is 1. The fraction of sp³-hybridized carbons (Fsp3) is 0.357. The molecule has 20 heavy (non-hydrogen) atoms. The average Bonchev–Trinajstić information content (AvgIpc) is 2.80. The Hall–Kier alpha value is -1.24. The van der Waals surface area contributed by atoms with E-state index in [2.05, 4.69) is 5.32 Å². The Morgan fingerprint density at radius 1 is 1.35 bits per heavy atom. The summed E-state index contributed by atoms with van der Waals surface area (Å²) in [4.78, 5) is 12.7. The van der Waals surface area contributed by atoms with Gasteiger partial charge in [0, 0.05) is 29.0 Å². The molecule has 0 radical (unpaired) electrons. The summed E-state index contributed by atoms with van der Waals surface area (Å²) < 4.78 is 1.03. The topological polar surface area (TPSA) is 75.4 Å². The number of nitrogen functional groups attached to an aromatic ring is 1. The van der Waals surface area contributed by atoms with E-state index in [1.54, 1.807) is 11.8 Å². The highest BCUT2D eigenvalue weighted by molar-refractivity contribution is 7.99. The van der Waals surface area contributed by atoms with Crippen molar-refractivity contribution in [2.45, 2.75) is 6.42 Å². The number of benzene rings is 1. The summed E-state index contributed by atoms with van der Waals surface area (Å²) in [6.07, 6.45) is 0.794. The number of nitrogens with one attached hydrogen (secondary N) is 1. The van der Waals surface area contributed by atoms with Crippen LogP contribution in [-0.4, -0.2) is 35.7 Å². The van der Waals surface area contributed by atoms with Crippen LogP contribution in [0.2, 0.25) is 0 Å². The third-order valence-electron chi connectivity index (χ3n) is 2.82. The van der Waals surface area contributed by atoms with E-state index in [9.17, 15) is 4.79 Å². The molecule has 0 fully saturated rings. The largest absolute Gasteiger partial charge is 0.397 e. The molecule has 0 spiro atoms. The monoisotopic (exact) mass is 310 g/mol. The van der Waals surface area contributed by atoms with E-state index < -0.39 is 0 Å². The minimum Gasteiger partial charge on any atom is -0.397 e. The lowest BCUT2D eigenvalue weighted by Gasteiger charge is -2.04. The Morgan fingerprint density at radius 3 is 2.90 bits per heavy atom. The van der Waals surface area contributed by atoms with Gasteiger partial charge in [-0.3, -0.25) is 4.79 Å². The third-order valence-corrected chi connectivity index (χ3v) is 5.07. The minimum absolute atomic E-state index is 0.105. The van der Waals surface area contributed by atoms with Crippen molar-refractivity contribution in [1.29, 1.82) is 0 Å². The Kier molecular flexibility index (Phi) is 5.70. The number of rotatable bonds is 7. The first kappa shape index (κ1) is 15.2. The summed E-state index contributed by atoms with van der Waals surface area (Å²) in [6, 6.07) is 7.77. The van der Waals surface area contributed by atoms with Gasteiger partial charge in [-0.05, 0) is 18.2 Å². The van der Waals surface area contributed by atoms with Crippen molar-refractivity contribution in [3.8, 4) is 0 Å². The molecule has 1 heterocycles. The summed E-state index contributed by atoms with van der Waals surface area (Å²) in [5, 5.41) is 12.5. The number of thioether (sulfide) groups is 1. The lowest BCUT2D eigenvalue weighted by molar-refractivity contribution is 0.0961. The van der Waals surface area contributed by atoms with Crippen LogP contribution in [-0.2, 0) is 0 Å². The number of carbonyl (C=O) groups excluding carboxylic acids is 1. The molecular weight excluding hydrogens is 292 g/mol. The number of amides is 1. The van der Waals surface area contributed by atoms with E-state index in [1.807, 2.05) is 24.3 Å². The van der Waals surface area contributed by atoms with Crippen LogP contribution in [0.15, 0.2) is 24.3 Å². The van der Waals surface area contributed by atoms with E-state index in [4.69, 9.17) is 10.8 Å². The standard InChI is InChI=1S/C14H18N2O2S2/c15-12-10-4-1-2-5-11(10)20-13(12)14(18)16-6-9-19-8-3-7-17/h1-2,4-5,17H,3,6-9,15H2,(H,16,18). The zero-order valence-electron chi connectivity index (χ0n) is 11.1. The van der Waals surface area contributed by atoms with Gasteiger partial charge in [0.05, 0.1) is 5.69 Å². The van der Waals surface area contributed by atoms with Crippen molar-refractivity contribution >= 4 is 44.8 Å². The van der Waals surface area contributed by atoms with Gasteiger partial charge in [0.25, 0.3) is 5.91 Å². The number of aliphatic hydroxyl groups is 1. The van der Waals surface area contributed by atoms with Crippen LogP contribution < -0.4 is 11.1 Å². The fourth-order valence-corrected chi connectivity index (χ4v) is 3.64. The van der Waals surface area contributed by atoms with Crippen LogP contribution in [0.1, 0.15) is 16.1 Å². The first-order valence-electron chi connectivity index (χ1n) is 6.48. The lowest BCUT2D eigenvalue weighted by Crippen LogP contribution is -2.25. The second kappa shape index (κ2) is 7.52. The molecule has 0 aliphatic rings. The smallest absolute Gasteiger partial charge is 0.263 e. The molecule has 0 saturated heterocycles. The van der Waals surface area contributed by atoms with E-state index in [1.165, 1.54) is 11.3 Å². The van der Waals surface area contributed by atoms with Gasteiger partial charge in [0.15, 0.2) is 0 Å². The number of thiophene rings is 1. The third kappa shape index (κ3) is 3.65. The molecule has 1 amide bonds. The van der Waals surface area contributed by atoms with Gasteiger partial charge < -0.3 is 16.2 Å². The van der Waals surface area contributed by atoms with Gasteiger partial charge >= 0.3 is 0 Å². The van der Waals surface area contributed by atoms with Crippen molar-refractivity contribution < 1.29 is 9.90 Å². The van der Waals surface area contributed by atoms with Crippen LogP contribution in [0.3, 0.4) is 0 Å². The number of fused-ring (bicyclic) bond motifs is 1. The highest BCUT2D eigenvalue weighted by atomic mass is 32.2. The molecule has 1 aromatic heterocycles. The van der Waals surface area contributed by atoms with E-state index in [-0.39, 0.29) is 12.5 Å². The lowest BCUT2D eigenvalue weighted by atomic mass is 10.2. The normalized spacial score (nSPS) is 10.8. The highest BCUT2D eigenvalue weighted by Gasteiger charge is 2.15. The van der Waals surface area contributed by atoms with E-state index in [0.717, 1.165) is 28.0 Å². The maximum absolute atomic E-state index is 12.1. The van der Waals surface area contributed by atoms with Gasteiger partial charge in [0.2, 0.25) is 0 Å². The number of hydrogen-bond acceptors (Lipinski definition) is 5. The Morgan fingerprint density at radius 2 is 2.15 bits per heavy atom. The zero-order chi connectivity index (χ0) is 14.4. The van der Waals surface area contributed by atoms with Gasteiger partial charge in [-0.1, -0.05) is 18.2 Å². The summed E-state index contributed by atoms with van der Waals surface area (Å²) in [6.45, 7) is 0.834. The van der Waals surface area contributed by atoms with Gasteiger partial charge in [0.1, 0.15) is 4.88 Å². The summed E-state index contributed by atoms with van der Waals surface area (Å²) >= 11 is 3.15. The van der Waals surface area contributed by atoms with Crippen LogP contribution in [0, 0.1) is 0 Å². The van der Waals surface area contributed by atoms with Crippen LogP contribution in [0.25, 0.3) is 10.1 Å². The SMILES string of the molecule is Nc1c(C(=O)NCCSCCCO)sc2ccccc12. The first-order chi connectivity index (χ1) is 9.74. The molecule has 2 aromatic rings. The molecule has 0 aliphatic carbocycles. The number of nitrogens with two attached hydrogens (primary N) is 1. The fourth-order valence-electron chi connectivity index (χ4n) is 1.82. The van der Waals surface area contributed by atoms with Crippen molar-refractivity contribution in [3.63, 3.8) is 0 Å². The summed E-state index contributed by atoms with van der Waals surface area (Å²) in [7, 11) is 0. The van der Waals surface area contributed by atoms with Gasteiger partial charge in [-0.25, -0.2) is 0 Å². The predicted molar refractivity (Wildman–Crippen MR) is 87.6 cm³/mol. The van der Waals surface area contributed by atoms with E-state index in [0.29, 0.717) is 17.1 Å². The number of aliphatic hydroxyl groups excluding tert-OH is 1. The Balaban J connectivity index is 1.89.